The molecule has 0 bridgehead atoms. The van der Waals surface area contributed by atoms with E-state index in [2.05, 4.69) is 25.7 Å². The molecule has 0 radical (unpaired) electrons. The number of phenols is 1. The van der Waals surface area contributed by atoms with Gasteiger partial charge < -0.3 is 40.8 Å². The van der Waals surface area contributed by atoms with Gasteiger partial charge in [-0.1, -0.05) is 42.5 Å². The maximum Gasteiger partial charge on any atom is 0.490 e. The van der Waals surface area contributed by atoms with Crippen molar-refractivity contribution in [1.29, 1.82) is 0 Å². The number of nitrogens with one attached hydrogen (secondary N) is 4. The van der Waals surface area contributed by atoms with E-state index in [1.54, 1.807) is 36.4 Å². The number of amides is 2. The Balaban J connectivity index is 0.999. The number of aliphatic hydroxyl groups excluding tert-OH is 1. The minimum atomic E-state index is -5.01. The number of aliphatic hydroxyl groups is 1. The highest BCUT2D eigenvalue weighted by Crippen LogP contribution is 2.28. The van der Waals surface area contributed by atoms with Gasteiger partial charge in [0, 0.05) is 68.7 Å². The molecular formula is C39H44F3N5O7. The maximum atomic E-state index is 12.9. The normalized spacial score (nSPS) is 15.1. The van der Waals surface area contributed by atoms with E-state index in [4.69, 9.17) is 0 Å². The van der Waals surface area contributed by atoms with Gasteiger partial charge in [0.25, 0.3) is 5.91 Å². The molecule has 1 saturated heterocycles. The number of hydrogen-bond donors (Lipinski definition) is 6. The Morgan fingerprint density at radius 2 is 1.65 bits per heavy atom. The Kier molecular flexibility index (Phi) is 13.5. The number of rotatable bonds is 15. The second kappa shape index (κ2) is 18.2. The van der Waals surface area contributed by atoms with E-state index in [9.17, 15) is 42.6 Å². The Morgan fingerprint density at radius 1 is 0.944 bits per heavy atom. The number of aromatic nitrogens is 1. The zero-order chi connectivity index (χ0) is 38.8. The molecule has 54 heavy (non-hydrogen) atoms. The molecule has 2 heterocycles. The minimum absolute atomic E-state index is 0.0278. The number of piperidine rings is 1. The van der Waals surface area contributed by atoms with E-state index in [-0.39, 0.29) is 67.0 Å². The fraction of sp³-hybridized carbons (Fsp3) is 0.385. The number of fused-ring (bicyclic) bond motifs is 1. The summed E-state index contributed by atoms with van der Waals surface area (Å²) in [7, 11) is 0. The summed E-state index contributed by atoms with van der Waals surface area (Å²) < 4.78 is 41.8. The number of alkyl halides is 3. The van der Waals surface area contributed by atoms with Crippen molar-refractivity contribution in [2.24, 2.45) is 0 Å². The van der Waals surface area contributed by atoms with Crippen molar-refractivity contribution in [2.75, 3.05) is 26.2 Å². The highest BCUT2D eigenvalue weighted by atomic mass is 19.4. The summed E-state index contributed by atoms with van der Waals surface area (Å²) in [5.41, 5.74) is 3.71. The number of aromatic amines is 1. The summed E-state index contributed by atoms with van der Waals surface area (Å²) in [6.45, 7) is 4.06. The van der Waals surface area contributed by atoms with Crippen molar-refractivity contribution in [2.45, 2.75) is 70.1 Å². The lowest BCUT2D eigenvalue weighted by molar-refractivity contribution is -0.206. The van der Waals surface area contributed by atoms with E-state index in [0.717, 1.165) is 16.7 Å². The Hall–Kier alpha value is -5.25. The Bertz CT molecular complexity index is 1980. The van der Waals surface area contributed by atoms with Gasteiger partial charge in [0.15, 0.2) is 0 Å². The fourth-order valence-electron chi connectivity index (χ4n) is 6.32. The van der Waals surface area contributed by atoms with Crippen LogP contribution in [0.4, 0.5) is 13.2 Å². The molecule has 0 aliphatic carbocycles. The number of ether oxygens (including phenoxy) is 1. The summed E-state index contributed by atoms with van der Waals surface area (Å²) in [4.78, 5) is 52.7. The van der Waals surface area contributed by atoms with Crippen molar-refractivity contribution in [3.63, 3.8) is 0 Å². The van der Waals surface area contributed by atoms with E-state index in [1.807, 2.05) is 36.1 Å². The van der Waals surface area contributed by atoms with Crippen LogP contribution in [-0.4, -0.2) is 82.4 Å². The van der Waals surface area contributed by atoms with Crippen LogP contribution in [0.5, 0.6) is 5.75 Å². The van der Waals surface area contributed by atoms with Crippen LogP contribution in [0.3, 0.4) is 0 Å². The second-order valence-electron chi connectivity index (χ2n) is 13.5. The number of nitrogens with zero attached hydrogens (tertiary/aromatic N) is 1. The number of phenolic OH excluding ortho intramolecular Hbond substituents is 1. The molecule has 4 aromatic rings. The first kappa shape index (κ1) is 39.9. The van der Waals surface area contributed by atoms with Crippen LogP contribution < -0.4 is 21.5 Å². The average Bonchev–Trinajstić information content (AvgIpc) is 3.15. The Labute approximate surface area is 309 Å². The number of benzene rings is 3. The van der Waals surface area contributed by atoms with Crippen LogP contribution in [0.15, 0.2) is 77.6 Å². The molecule has 2 atom stereocenters. The number of esters is 1. The molecule has 15 heteroatoms. The largest absolute Gasteiger partial charge is 0.506 e. The van der Waals surface area contributed by atoms with Gasteiger partial charge in [-0.05, 0) is 72.7 Å². The highest BCUT2D eigenvalue weighted by molar-refractivity contribution is 5.94. The number of likely N-dealkylation sites (tertiary alicyclic amines) is 1. The summed E-state index contributed by atoms with van der Waals surface area (Å²) in [6, 6.07) is 20.9. The van der Waals surface area contributed by atoms with Crippen molar-refractivity contribution in [1.82, 2.24) is 25.8 Å². The van der Waals surface area contributed by atoms with Crippen molar-refractivity contribution in [3.05, 3.63) is 111 Å². The van der Waals surface area contributed by atoms with Gasteiger partial charge in [-0.25, -0.2) is 4.79 Å². The van der Waals surface area contributed by atoms with Gasteiger partial charge in [0.2, 0.25) is 11.5 Å². The van der Waals surface area contributed by atoms with Crippen LogP contribution >= 0.6 is 0 Å². The van der Waals surface area contributed by atoms with Crippen molar-refractivity contribution < 1.29 is 42.5 Å². The van der Waals surface area contributed by atoms with E-state index in [1.165, 1.54) is 12.1 Å². The molecule has 1 fully saturated rings. The first-order chi connectivity index (χ1) is 25.7. The van der Waals surface area contributed by atoms with Crippen LogP contribution in [0.2, 0.25) is 0 Å². The van der Waals surface area contributed by atoms with Gasteiger partial charge in [-0.3, -0.25) is 14.4 Å². The number of halogens is 3. The van der Waals surface area contributed by atoms with Crippen LogP contribution in [0.25, 0.3) is 10.9 Å². The Morgan fingerprint density at radius 3 is 2.37 bits per heavy atom. The van der Waals surface area contributed by atoms with Crippen LogP contribution in [0.1, 0.15) is 64.9 Å². The van der Waals surface area contributed by atoms with E-state index >= 15 is 0 Å². The number of pyridine rings is 1. The lowest BCUT2D eigenvalue weighted by atomic mass is 10.0. The summed E-state index contributed by atoms with van der Waals surface area (Å²) in [5, 5.41) is 30.6. The monoisotopic (exact) mass is 751 g/mol. The fourth-order valence-corrected chi connectivity index (χ4v) is 6.32. The van der Waals surface area contributed by atoms with Gasteiger partial charge in [-0.15, -0.1) is 0 Å². The van der Waals surface area contributed by atoms with Crippen molar-refractivity contribution in [3.8, 4) is 5.75 Å². The molecule has 6 N–H and O–H groups in total. The molecule has 0 spiro atoms. The number of aromatic hydroxyl groups is 1. The predicted molar refractivity (Wildman–Crippen MR) is 194 cm³/mol. The zero-order valence-electron chi connectivity index (χ0n) is 29.7. The van der Waals surface area contributed by atoms with Gasteiger partial charge >= 0.3 is 12.1 Å². The van der Waals surface area contributed by atoms with Gasteiger partial charge in [-0.2, -0.15) is 13.2 Å². The molecule has 2 amide bonds. The molecule has 1 aromatic heterocycles. The number of H-pyrrole nitrogens is 1. The number of carbonyl (C=O) groups excluding carboxylic acids is 3. The average molecular weight is 752 g/mol. The predicted octanol–water partition coefficient (Wildman–Crippen LogP) is 3.99. The smallest absolute Gasteiger partial charge is 0.490 e. The van der Waals surface area contributed by atoms with Crippen LogP contribution in [-0.2, 0) is 33.8 Å². The number of carbonyl (C=O) groups is 3. The molecule has 12 nitrogen and oxygen atoms in total. The van der Waals surface area contributed by atoms with E-state index < -0.39 is 24.4 Å². The van der Waals surface area contributed by atoms with Gasteiger partial charge in [0.1, 0.15) is 11.9 Å². The third-order valence-electron chi connectivity index (χ3n) is 9.32. The summed E-state index contributed by atoms with van der Waals surface area (Å²) in [5.74, 6) is -2.71. The third kappa shape index (κ3) is 11.4. The highest BCUT2D eigenvalue weighted by Gasteiger charge is 2.42. The first-order valence-corrected chi connectivity index (χ1v) is 17.7. The van der Waals surface area contributed by atoms with Gasteiger partial charge in [0.05, 0.1) is 11.6 Å². The molecule has 0 saturated carbocycles. The van der Waals surface area contributed by atoms with Crippen molar-refractivity contribution >= 4 is 28.7 Å². The first-order valence-electron chi connectivity index (χ1n) is 17.7. The van der Waals surface area contributed by atoms with E-state index in [0.29, 0.717) is 49.1 Å². The standard InChI is InChI=1S/C39H44F3N5O7/c1-24(43-23-33(49)30-9-11-32(48)36-31(30)10-12-35(51)46-36)19-25-5-7-26(8-6-25)21-45-37(52)28-4-2-3-27(20-28)22-44-34(50)15-18-47-16-13-29(14-17-47)54-38(53)39(40,41)42/h2-12,20,24,29,33,43,48-49H,13-19,21-23H2,1H3,(H,44,50)(H,45,52)(H,46,51)/t24-,33-/m0/s1. The molecule has 1 aliphatic heterocycles. The zero-order valence-corrected chi connectivity index (χ0v) is 29.7. The number of hydrogen-bond acceptors (Lipinski definition) is 9. The molecule has 3 aromatic carbocycles. The molecule has 288 valence electrons. The third-order valence-corrected chi connectivity index (χ3v) is 9.32. The molecule has 5 rings (SSSR count). The maximum absolute atomic E-state index is 12.9. The topological polar surface area (TPSA) is 173 Å². The quantitative estimate of drug-likeness (QED) is 0.0983. The second-order valence-corrected chi connectivity index (χ2v) is 13.5. The summed E-state index contributed by atoms with van der Waals surface area (Å²) in [6.07, 6.45) is -5.25. The lowest BCUT2D eigenvalue weighted by Crippen LogP contribution is -2.41. The lowest BCUT2D eigenvalue weighted by Gasteiger charge is -2.31. The SMILES string of the molecule is C[C@@H](Cc1ccc(CNC(=O)c2cccc(CNC(=O)CCN3CCC(OC(=O)C(F)(F)F)CC3)c2)cc1)NC[C@H](O)c1ccc(O)c2[nH]c(=O)ccc12. The molecule has 0 unspecified atom stereocenters. The molecule has 1 aliphatic rings. The molecular weight excluding hydrogens is 707 g/mol. The summed E-state index contributed by atoms with van der Waals surface area (Å²) >= 11 is 0. The van der Waals surface area contributed by atoms with Crippen LogP contribution in [0, 0.1) is 0 Å². The minimum Gasteiger partial charge on any atom is -0.506 e.